The molecule has 142 valence electrons. The molecule has 2 aromatic heterocycles. The molecular weight excluding hydrogens is 350 g/mol. The van der Waals surface area contributed by atoms with Crippen LogP contribution in [0, 0.1) is 0 Å². The summed E-state index contributed by atoms with van der Waals surface area (Å²) in [5, 5.41) is 24.6. The normalized spacial score (nSPS) is 12.1. The van der Waals surface area contributed by atoms with E-state index in [-0.39, 0.29) is 5.97 Å². The first-order valence-electron chi connectivity index (χ1n) is 8.65. The quantitative estimate of drug-likeness (QED) is 0.327. The molecule has 3 rings (SSSR count). The number of hydrogen-bond acceptors (Lipinski definition) is 8. The average molecular weight is 371 g/mol. The van der Waals surface area contributed by atoms with Crippen LogP contribution in [0.2, 0.25) is 0 Å². The van der Waals surface area contributed by atoms with Gasteiger partial charge in [-0.05, 0) is 40.8 Å². The third-order valence-electron chi connectivity index (χ3n) is 3.83. The highest BCUT2D eigenvalue weighted by Gasteiger charge is 2.09. The minimum absolute atomic E-state index is 0.273. The number of nitrogens with one attached hydrogen (secondary N) is 1. The van der Waals surface area contributed by atoms with Crippen molar-refractivity contribution in [2.75, 3.05) is 19.7 Å². The maximum Gasteiger partial charge on any atom is 0.310 e. The minimum atomic E-state index is -0.675. The van der Waals surface area contributed by atoms with E-state index in [0.29, 0.717) is 43.3 Å². The third-order valence-corrected chi connectivity index (χ3v) is 3.83. The summed E-state index contributed by atoms with van der Waals surface area (Å²) >= 11 is 0. The number of benzene rings is 1. The number of carbonyl (C=O) groups is 1. The Hall–Kier alpha value is -3.04. The number of esters is 1. The van der Waals surface area contributed by atoms with Crippen molar-refractivity contribution in [1.29, 1.82) is 0 Å². The number of ether oxygens (including phenoxy) is 2. The lowest BCUT2D eigenvalue weighted by Gasteiger charge is -2.13. The molecule has 0 amide bonds. The van der Waals surface area contributed by atoms with E-state index in [1.807, 2.05) is 0 Å². The summed E-state index contributed by atoms with van der Waals surface area (Å²) in [6, 6.07) is 10.4. The van der Waals surface area contributed by atoms with Crippen molar-refractivity contribution in [3.8, 4) is 11.5 Å². The van der Waals surface area contributed by atoms with Gasteiger partial charge in [-0.1, -0.05) is 13.0 Å². The number of aliphatic hydroxyl groups is 1. The monoisotopic (exact) mass is 371 g/mol. The van der Waals surface area contributed by atoms with Gasteiger partial charge in [0.15, 0.2) is 5.65 Å². The van der Waals surface area contributed by atoms with Crippen molar-refractivity contribution < 1.29 is 19.4 Å². The lowest BCUT2D eigenvalue weighted by atomic mass is 10.1. The SMILES string of the molecule is CCC(=O)Oc1ccc(OCCNCC(O)c2ccc3nnnn3c2)cc1. The van der Waals surface area contributed by atoms with E-state index >= 15 is 0 Å². The number of rotatable bonds is 9. The molecule has 0 bridgehead atoms. The molecule has 27 heavy (non-hydrogen) atoms. The Morgan fingerprint density at radius 3 is 2.78 bits per heavy atom. The number of nitrogens with zero attached hydrogens (tertiary/aromatic N) is 4. The fraction of sp³-hybridized carbons (Fsp3) is 0.333. The highest BCUT2D eigenvalue weighted by molar-refractivity contribution is 5.71. The number of aliphatic hydroxyl groups excluding tert-OH is 1. The minimum Gasteiger partial charge on any atom is -0.492 e. The second kappa shape index (κ2) is 9.06. The van der Waals surface area contributed by atoms with Crippen LogP contribution in [-0.4, -0.2) is 50.8 Å². The second-order valence-electron chi connectivity index (χ2n) is 5.81. The van der Waals surface area contributed by atoms with E-state index in [4.69, 9.17) is 9.47 Å². The van der Waals surface area contributed by atoms with Crippen LogP contribution < -0.4 is 14.8 Å². The number of fused-ring (bicyclic) bond motifs is 1. The van der Waals surface area contributed by atoms with E-state index in [0.717, 1.165) is 5.56 Å². The fourth-order valence-electron chi connectivity index (χ4n) is 2.36. The number of hydrogen-bond donors (Lipinski definition) is 2. The van der Waals surface area contributed by atoms with Crippen molar-refractivity contribution in [1.82, 2.24) is 25.4 Å². The van der Waals surface area contributed by atoms with Crippen LogP contribution >= 0.6 is 0 Å². The highest BCUT2D eigenvalue weighted by atomic mass is 16.5. The van der Waals surface area contributed by atoms with Crippen LogP contribution in [0.3, 0.4) is 0 Å². The van der Waals surface area contributed by atoms with Gasteiger partial charge in [0.2, 0.25) is 0 Å². The Kier molecular flexibility index (Phi) is 6.29. The van der Waals surface area contributed by atoms with Gasteiger partial charge in [-0.25, -0.2) is 4.52 Å². The molecule has 3 aromatic rings. The zero-order valence-electron chi connectivity index (χ0n) is 14.9. The Bertz CT molecular complexity index is 881. The largest absolute Gasteiger partial charge is 0.492 e. The van der Waals surface area contributed by atoms with E-state index in [1.165, 1.54) is 4.52 Å². The first-order valence-corrected chi connectivity index (χ1v) is 8.65. The predicted octanol–water partition coefficient (Wildman–Crippen LogP) is 1.14. The van der Waals surface area contributed by atoms with E-state index in [1.54, 1.807) is 49.5 Å². The first kappa shape index (κ1) is 18.7. The number of carbonyl (C=O) groups excluding carboxylic acids is 1. The summed E-state index contributed by atoms with van der Waals surface area (Å²) in [5.41, 5.74) is 1.35. The van der Waals surface area contributed by atoms with E-state index < -0.39 is 6.10 Å². The number of tetrazole rings is 1. The molecular formula is C18H21N5O4. The molecule has 0 fully saturated rings. The summed E-state index contributed by atoms with van der Waals surface area (Å²) in [6.45, 7) is 3.13. The Morgan fingerprint density at radius 2 is 2.00 bits per heavy atom. The van der Waals surface area contributed by atoms with Crippen molar-refractivity contribution >= 4 is 11.6 Å². The maximum absolute atomic E-state index is 11.2. The van der Waals surface area contributed by atoms with Crippen LogP contribution in [0.1, 0.15) is 25.0 Å². The van der Waals surface area contributed by atoms with Gasteiger partial charge in [0.05, 0.1) is 6.10 Å². The van der Waals surface area contributed by atoms with Gasteiger partial charge in [-0.15, -0.1) is 5.10 Å². The van der Waals surface area contributed by atoms with Crippen molar-refractivity contribution in [2.24, 2.45) is 0 Å². The summed E-state index contributed by atoms with van der Waals surface area (Å²) in [7, 11) is 0. The molecule has 9 nitrogen and oxygen atoms in total. The molecule has 1 atom stereocenters. The zero-order chi connectivity index (χ0) is 19.1. The average Bonchev–Trinajstić information content (AvgIpc) is 3.16. The Labute approximate surface area is 155 Å². The molecule has 0 aliphatic rings. The van der Waals surface area contributed by atoms with Crippen LogP contribution in [0.4, 0.5) is 0 Å². The highest BCUT2D eigenvalue weighted by Crippen LogP contribution is 2.18. The molecule has 0 saturated carbocycles. The summed E-state index contributed by atoms with van der Waals surface area (Å²) < 4.78 is 12.2. The van der Waals surface area contributed by atoms with Gasteiger partial charge in [-0.2, -0.15) is 0 Å². The lowest BCUT2D eigenvalue weighted by molar-refractivity contribution is -0.134. The zero-order valence-corrected chi connectivity index (χ0v) is 14.9. The Balaban J connectivity index is 1.38. The van der Waals surface area contributed by atoms with Crippen molar-refractivity contribution in [2.45, 2.75) is 19.4 Å². The molecule has 1 unspecified atom stereocenters. The van der Waals surface area contributed by atoms with Gasteiger partial charge < -0.3 is 19.9 Å². The van der Waals surface area contributed by atoms with Crippen molar-refractivity contribution in [3.63, 3.8) is 0 Å². The fourth-order valence-corrected chi connectivity index (χ4v) is 2.36. The van der Waals surface area contributed by atoms with Gasteiger partial charge in [0.25, 0.3) is 0 Å². The predicted molar refractivity (Wildman–Crippen MR) is 96.5 cm³/mol. The molecule has 2 N–H and O–H groups in total. The van der Waals surface area contributed by atoms with E-state index in [2.05, 4.69) is 20.8 Å². The molecule has 0 radical (unpaired) electrons. The van der Waals surface area contributed by atoms with Gasteiger partial charge in [0, 0.05) is 31.3 Å². The molecule has 9 heteroatoms. The summed E-state index contributed by atoms with van der Waals surface area (Å²) in [5.74, 6) is 0.901. The molecule has 0 saturated heterocycles. The molecule has 1 aromatic carbocycles. The second-order valence-corrected chi connectivity index (χ2v) is 5.81. The Morgan fingerprint density at radius 1 is 1.22 bits per heavy atom. The topological polar surface area (TPSA) is 111 Å². The van der Waals surface area contributed by atoms with Crippen molar-refractivity contribution in [3.05, 3.63) is 48.2 Å². The summed E-state index contributed by atoms with van der Waals surface area (Å²) in [6.07, 6.45) is 1.36. The smallest absolute Gasteiger partial charge is 0.310 e. The molecule has 0 aliphatic carbocycles. The number of aromatic nitrogens is 4. The van der Waals surface area contributed by atoms with Crippen LogP contribution in [0.15, 0.2) is 42.6 Å². The van der Waals surface area contributed by atoms with Gasteiger partial charge in [0.1, 0.15) is 18.1 Å². The molecule has 0 aliphatic heterocycles. The van der Waals surface area contributed by atoms with Crippen LogP contribution in [-0.2, 0) is 4.79 Å². The van der Waals surface area contributed by atoms with E-state index in [9.17, 15) is 9.90 Å². The molecule has 2 heterocycles. The van der Waals surface area contributed by atoms with Gasteiger partial charge >= 0.3 is 5.97 Å². The van der Waals surface area contributed by atoms with Crippen LogP contribution in [0.5, 0.6) is 11.5 Å². The summed E-state index contributed by atoms with van der Waals surface area (Å²) in [4.78, 5) is 11.2. The first-order chi connectivity index (χ1) is 13.2. The maximum atomic E-state index is 11.2. The lowest BCUT2D eigenvalue weighted by Crippen LogP contribution is -2.26. The van der Waals surface area contributed by atoms with Crippen LogP contribution in [0.25, 0.3) is 5.65 Å². The number of pyridine rings is 1. The molecule has 0 spiro atoms. The standard InChI is InChI=1S/C18H21N5O4/c1-2-18(25)27-15-6-4-14(5-7-15)26-10-9-19-11-16(24)13-3-8-17-20-21-22-23(17)12-13/h3-8,12,16,19,24H,2,9-11H2,1H3. The van der Waals surface area contributed by atoms with Gasteiger partial charge in [-0.3, -0.25) is 4.79 Å². The third kappa shape index (κ3) is 5.22.